The number of H-pyrrole nitrogens is 1. The van der Waals surface area contributed by atoms with Crippen LogP contribution in [0.3, 0.4) is 0 Å². The van der Waals surface area contributed by atoms with Crippen LogP contribution in [0.15, 0.2) is 24.3 Å². The van der Waals surface area contributed by atoms with E-state index in [1.165, 1.54) is 0 Å². The predicted molar refractivity (Wildman–Crippen MR) is 95.0 cm³/mol. The van der Waals surface area contributed by atoms with Crippen LogP contribution in [0.25, 0.3) is 0 Å². The molecule has 2 amide bonds. The standard InChI is InChI=1S/C19H24N4O2/c1-3-5-17(24)23-9-8-16-15(12-23)18(22-21-16)19(25)20-11-14-7-4-6-13(2)10-14/h4,6-7,10H,3,5,8-9,11-12H2,1-2H3,(H,20,25)(H,21,22). The number of aromatic amines is 1. The number of aryl methyl sites for hydroxylation is 1. The van der Waals surface area contributed by atoms with Gasteiger partial charge in [-0.25, -0.2) is 0 Å². The van der Waals surface area contributed by atoms with E-state index in [1.54, 1.807) is 0 Å². The molecule has 0 unspecified atom stereocenters. The lowest BCUT2D eigenvalue weighted by atomic mass is 10.0. The predicted octanol–water partition coefficient (Wildman–Crippen LogP) is 2.33. The van der Waals surface area contributed by atoms with Gasteiger partial charge in [0.25, 0.3) is 5.91 Å². The molecule has 0 bridgehead atoms. The molecular weight excluding hydrogens is 316 g/mol. The molecule has 0 fully saturated rings. The number of hydrogen-bond donors (Lipinski definition) is 2. The number of rotatable bonds is 5. The summed E-state index contributed by atoms with van der Waals surface area (Å²) in [5.41, 5.74) is 4.42. The third-order valence-electron chi connectivity index (χ3n) is 4.50. The maximum Gasteiger partial charge on any atom is 0.272 e. The van der Waals surface area contributed by atoms with Crippen LogP contribution in [0.5, 0.6) is 0 Å². The molecule has 1 aromatic carbocycles. The highest BCUT2D eigenvalue weighted by Crippen LogP contribution is 2.21. The minimum Gasteiger partial charge on any atom is -0.347 e. The highest BCUT2D eigenvalue weighted by Gasteiger charge is 2.27. The van der Waals surface area contributed by atoms with Gasteiger partial charge in [-0.2, -0.15) is 5.10 Å². The number of hydrogen-bond acceptors (Lipinski definition) is 3. The third-order valence-corrected chi connectivity index (χ3v) is 4.50. The molecule has 0 radical (unpaired) electrons. The average Bonchev–Trinajstić information content (AvgIpc) is 3.03. The quantitative estimate of drug-likeness (QED) is 0.877. The smallest absolute Gasteiger partial charge is 0.272 e. The molecule has 1 aliphatic rings. The topological polar surface area (TPSA) is 78.1 Å². The Morgan fingerprint density at radius 2 is 2.20 bits per heavy atom. The number of benzene rings is 1. The van der Waals surface area contributed by atoms with Crippen LogP contribution < -0.4 is 5.32 Å². The Hall–Kier alpha value is -2.63. The molecule has 1 aliphatic heterocycles. The third kappa shape index (κ3) is 3.90. The fraction of sp³-hybridized carbons (Fsp3) is 0.421. The van der Waals surface area contributed by atoms with Gasteiger partial charge in [-0.05, 0) is 18.9 Å². The van der Waals surface area contributed by atoms with Crippen LogP contribution in [-0.2, 0) is 24.3 Å². The first-order chi connectivity index (χ1) is 12.1. The number of amides is 2. The maximum absolute atomic E-state index is 12.5. The van der Waals surface area contributed by atoms with E-state index in [0.717, 1.165) is 28.8 Å². The fourth-order valence-electron chi connectivity index (χ4n) is 3.16. The Balaban J connectivity index is 1.68. The van der Waals surface area contributed by atoms with Crippen molar-refractivity contribution in [1.29, 1.82) is 0 Å². The second-order valence-corrected chi connectivity index (χ2v) is 6.52. The Morgan fingerprint density at radius 1 is 1.36 bits per heavy atom. The summed E-state index contributed by atoms with van der Waals surface area (Å²) in [4.78, 5) is 26.5. The van der Waals surface area contributed by atoms with E-state index in [-0.39, 0.29) is 11.8 Å². The summed E-state index contributed by atoms with van der Waals surface area (Å²) in [5.74, 6) is -0.0655. The number of carbonyl (C=O) groups excluding carboxylic acids is 2. The molecule has 0 saturated carbocycles. The molecule has 2 heterocycles. The van der Waals surface area contributed by atoms with E-state index >= 15 is 0 Å². The van der Waals surface area contributed by atoms with Gasteiger partial charge in [0.05, 0.1) is 0 Å². The number of carbonyl (C=O) groups is 2. The maximum atomic E-state index is 12.5. The van der Waals surface area contributed by atoms with E-state index in [1.807, 2.05) is 43.0 Å². The highest BCUT2D eigenvalue weighted by atomic mass is 16.2. The first-order valence-electron chi connectivity index (χ1n) is 8.76. The zero-order valence-electron chi connectivity index (χ0n) is 14.8. The summed E-state index contributed by atoms with van der Waals surface area (Å²) in [7, 11) is 0. The molecule has 0 saturated heterocycles. The second-order valence-electron chi connectivity index (χ2n) is 6.52. The van der Waals surface area contributed by atoms with Crippen molar-refractivity contribution in [2.75, 3.05) is 6.54 Å². The van der Waals surface area contributed by atoms with Crippen LogP contribution in [0.4, 0.5) is 0 Å². The van der Waals surface area contributed by atoms with Crippen LogP contribution in [0.2, 0.25) is 0 Å². The SMILES string of the molecule is CCCC(=O)N1CCc2[nH]nc(C(=O)NCc3cccc(C)c3)c2C1. The number of fused-ring (bicyclic) bond motifs is 1. The van der Waals surface area contributed by atoms with Gasteiger partial charge in [0, 0.05) is 43.7 Å². The van der Waals surface area contributed by atoms with Crippen molar-refractivity contribution < 1.29 is 9.59 Å². The van der Waals surface area contributed by atoms with Gasteiger partial charge in [0.2, 0.25) is 5.91 Å². The summed E-state index contributed by atoms with van der Waals surface area (Å²) in [6, 6.07) is 8.03. The largest absolute Gasteiger partial charge is 0.347 e. The normalized spacial score (nSPS) is 13.4. The Bertz CT molecular complexity index is 781. The summed E-state index contributed by atoms with van der Waals surface area (Å²) in [6.07, 6.45) is 2.09. The molecule has 6 nitrogen and oxygen atoms in total. The zero-order valence-corrected chi connectivity index (χ0v) is 14.8. The second kappa shape index (κ2) is 7.51. The van der Waals surface area contributed by atoms with E-state index < -0.39 is 0 Å². The molecule has 3 rings (SSSR count). The Morgan fingerprint density at radius 3 is 2.96 bits per heavy atom. The Kier molecular flexibility index (Phi) is 5.16. The van der Waals surface area contributed by atoms with Crippen LogP contribution in [0, 0.1) is 6.92 Å². The zero-order chi connectivity index (χ0) is 17.8. The van der Waals surface area contributed by atoms with Crippen molar-refractivity contribution in [1.82, 2.24) is 20.4 Å². The number of nitrogens with one attached hydrogen (secondary N) is 2. The van der Waals surface area contributed by atoms with Gasteiger partial charge in [-0.1, -0.05) is 36.8 Å². The van der Waals surface area contributed by atoms with Gasteiger partial charge in [0.1, 0.15) is 0 Å². The fourth-order valence-corrected chi connectivity index (χ4v) is 3.16. The van der Waals surface area contributed by atoms with Crippen molar-refractivity contribution in [3.05, 3.63) is 52.3 Å². The first-order valence-corrected chi connectivity index (χ1v) is 8.76. The molecular formula is C19H24N4O2. The lowest BCUT2D eigenvalue weighted by molar-refractivity contribution is -0.132. The van der Waals surface area contributed by atoms with Crippen LogP contribution in [-0.4, -0.2) is 33.5 Å². The van der Waals surface area contributed by atoms with E-state index in [4.69, 9.17) is 0 Å². The summed E-state index contributed by atoms with van der Waals surface area (Å²) < 4.78 is 0. The van der Waals surface area contributed by atoms with Gasteiger partial charge < -0.3 is 10.2 Å². The van der Waals surface area contributed by atoms with Gasteiger partial charge in [-0.3, -0.25) is 14.7 Å². The van der Waals surface area contributed by atoms with Crippen LogP contribution >= 0.6 is 0 Å². The first kappa shape index (κ1) is 17.2. The molecule has 132 valence electrons. The summed E-state index contributed by atoms with van der Waals surface area (Å²) in [5, 5.41) is 10.1. The van der Waals surface area contributed by atoms with Crippen molar-refractivity contribution in [2.24, 2.45) is 0 Å². The molecule has 0 spiro atoms. The monoisotopic (exact) mass is 340 g/mol. The summed E-state index contributed by atoms with van der Waals surface area (Å²) in [6.45, 7) is 5.61. The van der Waals surface area contributed by atoms with E-state index in [9.17, 15) is 9.59 Å². The molecule has 0 aliphatic carbocycles. The number of aromatic nitrogens is 2. The molecule has 1 aromatic heterocycles. The van der Waals surface area contributed by atoms with Crippen LogP contribution in [0.1, 0.15) is 52.6 Å². The highest BCUT2D eigenvalue weighted by molar-refractivity contribution is 5.94. The minimum absolute atomic E-state index is 0.139. The van der Waals surface area contributed by atoms with Gasteiger partial charge >= 0.3 is 0 Å². The lowest BCUT2D eigenvalue weighted by Gasteiger charge is -2.27. The van der Waals surface area contributed by atoms with E-state index in [2.05, 4.69) is 15.5 Å². The van der Waals surface area contributed by atoms with E-state index in [0.29, 0.717) is 38.2 Å². The van der Waals surface area contributed by atoms with Crippen molar-refractivity contribution in [3.63, 3.8) is 0 Å². The number of nitrogens with zero attached hydrogens (tertiary/aromatic N) is 2. The summed E-state index contributed by atoms with van der Waals surface area (Å²) >= 11 is 0. The van der Waals surface area contributed by atoms with Gasteiger partial charge in [-0.15, -0.1) is 0 Å². The average molecular weight is 340 g/mol. The van der Waals surface area contributed by atoms with Crippen molar-refractivity contribution in [2.45, 2.75) is 46.2 Å². The molecule has 25 heavy (non-hydrogen) atoms. The Labute approximate surface area is 147 Å². The lowest BCUT2D eigenvalue weighted by Crippen LogP contribution is -2.36. The molecule has 2 N–H and O–H groups in total. The minimum atomic E-state index is -0.205. The molecule has 2 aromatic rings. The van der Waals surface area contributed by atoms with Crippen molar-refractivity contribution >= 4 is 11.8 Å². The molecule has 0 atom stereocenters. The van der Waals surface area contributed by atoms with Crippen molar-refractivity contribution in [3.8, 4) is 0 Å². The molecule has 6 heteroatoms. The van der Waals surface area contributed by atoms with Gasteiger partial charge in [0.15, 0.2) is 5.69 Å².